The van der Waals surface area contributed by atoms with Gasteiger partial charge in [-0.15, -0.1) is 11.3 Å². The van der Waals surface area contributed by atoms with Crippen molar-refractivity contribution in [3.05, 3.63) is 76.0 Å². The fourth-order valence-electron chi connectivity index (χ4n) is 2.54. The molecule has 0 bridgehead atoms. The molecule has 3 rings (SSSR count). The molecule has 0 saturated heterocycles. The Morgan fingerprint density at radius 1 is 0.929 bits per heavy atom. The van der Waals surface area contributed by atoms with Crippen LogP contribution in [0, 0.1) is 6.92 Å². The standard InChI is InChI=1S/C20H18N2O4S2/c1-13-11-15(21-20(24)18-7-4-10-27-18)8-9-17(13)22-19(23)14-5-3-6-16(12-14)28(2,25)26/h3-12H,1-2H3,(H,21,24)(H,22,23). The maximum absolute atomic E-state index is 12.5. The Hall–Kier alpha value is -2.97. The van der Waals surface area contributed by atoms with Gasteiger partial charge in [0, 0.05) is 23.2 Å². The summed E-state index contributed by atoms with van der Waals surface area (Å²) >= 11 is 1.35. The minimum absolute atomic E-state index is 0.0866. The van der Waals surface area contributed by atoms with Gasteiger partial charge in [0.15, 0.2) is 9.84 Å². The van der Waals surface area contributed by atoms with Gasteiger partial charge in [0.1, 0.15) is 0 Å². The highest BCUT2D eigenvalue weighted by molar-refractivity contribution is 7.90. The van der Waals surface area contributed by atoms with Crippen LogP contribution >= 0.6 is 11.3 Å². The van der Waals surface area contributed by atoms with Crippen molar-refractivity contribution in [1.29, 1.82) is 0 Å². The van der Waals surface area contributed by atoms with Gasteiger partial charge < -0.3 is 10.6 Å². The quantitative estimate of drug-likeness (QED) is 0.661. The normalized spacial score (nSPS) is 11.1. The third kappa shape index (κ3) is 4.65. The first-order valence-electron chi connectivity index (χ1n) is 8.31. The zero-order chi connectivity index (χ0) is 20.3. The predicted molar refractivity (Wildman–Crippen MR) is 111 cm³/mol. The highest BCUT2D eigenvalue weighted by atomic mass is 32.2. The van der Waals surface area contributed by atoms with Gasteiger partial charge in [-0.2, -0.15) is 0 Å². The number of carbonyl (C=O) groups is 2. The second-order valence-electron chi connectivity index (χ2n) is 6.22. The van der Waals surface area contributed by atoms with Gasteiger partial charge >= 0.3 is 0 Å². The first kappa shape index (κ1) is 19.8. The molecule has 0 spiro atoms. The molecule has 0 unspecified atom stereocenters. The number of benzene rings is 2. The van der Waals surface area contributed by atoms with Gasteiger partial charge in [-0.25, -0.2) is 8.42 Å². The molecular weight excluding hydrogens is 396 g/mol. The summed E-state index contributed by atoms with van der Waals surface area (Å²) in [5.74, 6) is -0.604. The lowest BCUT2D eigenvalue weighted by Crippen LogP contribution is -2.14. The van der Waals surface area contributed by atoms with Crippen LogP contribution in [0.3, 0.4) is 0 Å². The molecule has 3 aromatic rings. The van der Waals surface area contributed by atoms with Crippen molar-refractivity contribution in [3.63, 3.8) is 0 Å². The smallest absolute Gasteiger partial charge is 0.265 e. The Morgan fingerprint density at radius 2 is 1.71 bits per heavy atom. The van der Waals surface area contributed by atoms with Crippen molar-refractivity contribution in [1.82, 2.24) is 0 Å². The summed E-state index contributed by atoms with van der Waals surface area (Å²) < 4.78 is 23.3. The first-order valence-corrected chi connectivity index (χ1v) is 11.1. The SMILES string of the molecule is Cc1cc(NC(=O)c2cccs2)ccc1NC(=O)c1cccc(S(C)(=O)=O)c1. The van der Waals surface area contributed by atoms with E-state index in [0.717, 1.165) is 11.8 Å². The molecule has 0 atom stereocenters. The summed E-state index contributed by atoms with van der Waals surface area (Å²) in [5, 5.41) is 7.41. The van der Waals surface area contributed by atoms with Crippen LogP contribution in [0.1, 0.15) is 25.6 Å². The summed E-state index contributed by atoms with van der Waals surface area (Å²) in [4.78, 5) is 25.3. The number of amides is 2. The molecule has 0 aliphatic carbocycles. The number of rotatable bonds is 5. The third-order valence-corrected chi connectivity index (χ3v) is 5.98. The second kappa shape index (κ2) is 7.95. The topological polar surface area (TPSA) is 92.3 Å². The Balaban J connectivity index is 1.74. The van der Waals surface area contributed by atoms with Gasteiger partial charge in [-0.05, 0) is 60.3 Å². The van der Waals surface area contributed by atoms with Crippen molar-refractivity contribution < 1.29 is 18.0 Å². The van der Waals surface area contributed by atoms with E-state index in [1.165, 1.54) is 29.5 Å². The van der Waals surface area contributed by atoms with Gasteiger partial charge in [0.2, 0.25) is 0 Å². The van der Waals surface area contributed by atoms with Crippen LogP contribution in [-0.4, -0.2) is 26.5 Å². The fourth-order valence-corrected chi connectivity index (χ4v) is 3.83. The monoisotopic (exact) mass is 414 g/mol. The lowest BCUT2D eigenvalue weighted by Gasteiger charge is -2.11. The lowest BCUT2D eigenvalue weighted by atomic mass is 10.1. The van der Waals surface area contributed by atoms with Crippen molar-refractivity contribution in [2.45, 2.75) is 11.8 Å². The minimum atomic E-state index is -3.40. The predicted octanol–water partition coefficient (Wildman–Crippen LogP) is 3.96. The second-order valence-corrected chi connectivity index (χ2v) is 9.18. The number of hydrogen-bond donors (Lipinski definition) is 2. The number of nitrogens with one attached hydrogen (secondary N) is 2. The zero-order valence-corrected chi connectivity index (χ0v) is 16.9. The van der Waals surface area contributed by atoms with Crippen LogP contribution < -0.4 is 10.6 Å². The Morgan fingerprint density at radius 3 is 2.36 bits per heavy atom. The number of sulfone groups is 1. The number of hydrogen-bond acceptors (Lipinski definition) is 5. The number of anilines is 2. The van der Waals surface area contributed by atoms with E-state index >= 15 is 0 Å². The lowest BCUT2D eigenvalue weighted by molar-refractivity contribution is 0.102. The zero-order valence-electron chi connectivity index (χ0n) is 15.2. The molecule has 1 heterocycles. The molecule has 2 aromatic carbocycles. The summed E-state index contributed by atoms with van der Waals surface area (Å²) in [6.07, 6.45) is 1.09. The third-order valence-electron chi connectivity index (χ3n) is 4.00. The largest absolute Gasteiger partial charge is 0.322 e. The summed E-state index contributed by atoms with van der Waals surface area (Å²) in [6, 6.07) is 14.6. The average molecular weight is 415 g/mol. The van der Waals surface area contributed by atoms with Gasteiger partial charge in [0.05, 0.1) is 9.77 Å². The van der Waals surface area contributed by atoms with Crippen molar-refractivity contribution >= 4 is 44.4 Å². The summed E-state index contributed by atoms with van der Waals surface area (Å²) in [7, 11) is -3.40. The summed E-state index contributed by atoms with van der Waals surface area (Å²) in [5.41, 5.74) is 2.20. The molecule has 0 saturated carbocycles. The van der Waals surface area contributed by atoms with Gasteiger partial charge in [0.25, 0.3) is 11.8 Å². The number of carbonyl (C=O) groups excluding carboxylic acids is 2. The van der Waals surface area contributed by atoms with E-state index in [2.05, 4.69) is 10.6 Å². The number of thiophene rings is 1. The molecule has 8 heteroatoms. The fraction of sp³-hybridized carbons (Fsp3) is 0.100. The van der Waals surface area contributed by atoms with Crippen LogP contribution in [0.25, 0.3) is 0 Å². The molecule has 0 fully saturated rings. The molecule has 0 aliphatic heterocycles. The molecule has 1 aromatic heterocycles. The van der Waals surface area contributed by atoms with Crippen LogP contribution in [-0.2, 0) is 9.84 Å². The van der Waals surface area contributed by atoms with E-state index in [1.807, 2.05) is 18.4 Å². The maximum Gasteiger partial charge on any atom is 0.265 e. The van der Waals surface area contributed by atoms with E-state index in [0.29, 0.717) is 16.3 Å². The Bertz CT molecular complexity index is 1140. The van der Waals surface area contributed by atoms with Crippen LogP contribution in [0.2, 0.25) is 0 Å². The van der Waals surface area contributed by atoms with Gasteiger partial charge in [-0.1, -0.05) is 12.1 Å². The van der Waals surface area contributed by atoms with E-state index in [9.17, 15) is 18.0 Å². The highest BCUT2D eigenvalue weighted by Gasteiger charge is 2.13. The molecule has 6 nitrogen and oxygen atoms in total. The van der Waals surface area contributed by atoms with Crippen LogP contribution in [0.15, 0.2) is 64.9 Å². The summed E-state index contributed by atoms with van der Waals surface area (Å²) in [6.45, 7) is 1.81. The molecular formula is C20H18N2O4S2. The Labute approximate surface area is 167 Å². The van der Waals surface area contributed by atoms with E-state index in [1.54, 1.807) is 30.3 Å². The average Bonchev–Trinajstić information content (AvgIpc) is 3.18. The molecule has 28 heavy (non-hydrogen) atoms. The highest BCUT2D eigenvalue weighted by Crippen LogP contribution is 2.22. The van der Waals surface area contributed by atoms with Gasteiger partial charge in [-0.3, -0.25) is 9.59 Å². The van der Waals surface area contributed by atoms with E-state index < -0.39 is 15.7 Å². The van der Waals surface area contributed by atoms with Crippen molar-refractivity contribution in [2.24, 2.45) is 0 Å². The van der Waals surface area contributed by atoms with E-state index in [4.69, 9.17) is 0 Å². The molecule has 0 aliphatic rings. The minimum Gasteiger partial charge on any atom is -0.322 e. The maximum atomic E-state index is 12.5. The number of aryl methyl sites for hydroxylation is 1. The molecule has 2 N–H and O–H groups in total. The van der Waals surface area contributed by atoms with Crippen LogP contribution in [0.4, 0.5) is 11.4 Å². The molecule has 2 amide bonds. The van der Waals surface area contributed by atoms with Crippen molar-refractivity contribution in [3.8, 4) is 0 Å². The molecule has 144 valence electrons. The first-order chi connectivity index (χ1) is 13.2. The van der Waals surface area contributed by atoms with E-state index in [-0.39, 0.29) is 16.4 Å². The van der Waals surface area contributed by atoms with Crippen LogP contribution in [0.5, 0.6) is 0 Å². The van der Waals surface area contributed by atoms with Crippen molar-refractivity contribution in [2.75, 3.05) is 16.9 Å². The Kier molecular flexibility index (Phi) is 5.62. The molecule has 0 radical (unpaired) electrons.